The van der Waals surface area contributed by atoms with Crippen molar-refractivity contribution in [3.05, 3.63) is 12.7 Å². The van der Waals surface area contributed by atoms with Gasteiger partial charge in [0.1, 0.15) is 0 Å². The highest BCUT2D eigenvalue weighted by molar-refractivity contribution is 4.89. The van der Waals surface area contributed by atoms with Crippen molar-refractivity contribution >= 4 is 0 Å². The van der Waals surface area contributed by atoms with E-state index in [2.05, 4.69) is 33.4 Å². The molecular formula is C15H30. The van der Waals surface area contributed by atoms with E-state index in [1.807, 2.05) is 0 Å². The quantitative estimate of drug-likeness (QED) is 0.319. The van der Waals surface area contributed by atoms with Gasteiger partial charge in [-0.1, -0.05) is 71.8 Å². The maximum atomic E-state index is 3.94. The van der Waals surface area contributed by atoms with Gasteiger partial charge in [0.05, 0.1) is 0 Å². The van der Waals surface area contributed by atoms with Crippen molar-refractivity contribution in [1.29, 1.82) is 0 Å². The Kier molecular flexibility index (Phi) is 8.85. The molecule has 0 nitrogen and oxygen atoms in total. The van der Waals surface area contributed by atoms with E-state index >= 15 is 0 Å². The fourth-order valence-electron chi connectivity index (χ4n) is 1.91. The molecule has 0 spiro atoms. The Balaban J connectivity index is 3.33. The summed E-state index contributed by atoms with van der Waals surface area (Å²) >= 11 is 0. The topological polar surface area (TPSA) is 0 Å². The van der Waals surface area contributed by atoms with Crippen molar-refractivity contribution in [3.8, 4) is 0 Å². The lowest BCUT2D eigenvalue weighted by Gasteiger charge is -2.23. The van der Waals surface area contributed by atoms with Crippen molar-refractivity contribution in [3.63, 3.8) is 0 Å². The first-order chi connectivity index (χ1) is 7.18. The molecule has 0 aliphatic rings. The van der Waals surface area contributed by atoms with Gasteiger partial charge >= 0.3 is 0 Å². The van der Waals surface area contributed by atoms with Crippen molar-refractivity contribution in [2.24, 2.45) is 5.41 Å². The normalized spacial score (nSPS) is 14.9. The molecule has 1 unspecified atom stereocenters. The number of hydrogen-bond donors (Lipinski definition) is 0. The van der Waals surface area contributed by atoms with Gasteiger partial charge in [-0.15, -0.1) is 6.58 Å². The molecule has 0 aromatic heterocycles. The predicted molar refractivity (Wildman–Crippen MR) is 71.2 cm³/mol. The minimum Gasteiger partial charge on any atom is -0.103 e. The lowest BCUT2D eigenvalue weighted by atomic mass is 9.82. The van der Waals surface area contributed by atoms with Crippen molar-refractivity contribution in [2.45, 2.75) is 78.6 Å². The molecule has 0 aromatic rings. The Morgan fingerprint density at radius 3 is 1.93 bits per heavy atom. The molecule has 0 heterocycles. The Labute approximate surface area is 97.2 Å². The highest BCUT2D eigenvalue weighted by atomic mass is 14.2. The zero-order valence-electron chi connectivity index (χ0n) is 11.1. The molecule has 0 saturated carbocycles. The first-order valence-electron chi connectivity index (χ1n) is 6.82. The molecule has 0 amide bonds. The van der Waals surface area contributed by atoms with Crippen LogP contribution in [0.25, 0.3) is 0 Å². The molecule has 1 atom stereocenters. The van der Waals surface area contributed by atoms with Gasteiger partial charge in [0.25, 0.3) is 0 Å². The zero-order valence-corrected chi connectivity index (χ0v) is 11.1. The van der Waals surface area contributed by atoms with Gasteiger partial charge in [-0.25, -0.2) is 0 Å². The third kappa shape index (κ3) is 7.64. The summed E-state index contributed by atoms with van der Waals surface area (Å²) in [6.45, 7) is 10.8. The van der Waals surface area contributed by atoms with Gasteiger partial charge in [0.15, 0.2) is 0 Å². The van der Waals surface area contributed by atoms with Crippen LogP contribution in [0, 0.1) is 5.41 Å². The van der Waals surface area contributed by atoms with E-state index in [0.717, 1.165) is 0 Å². The molecular weight excluding hydrogens is 180 g/mol. The third-order valence-electron chi connectivity index (χ3n) is 3.65. The van der Waals surface area contributed by atoms with Crippen LogP contribution < -0.4 is 0 Å². The van der Waals surface area contributed by atoms with Crippen molar-refractivity contribution < 1.29 is 0 Å². The maximum Gasteiger partial charge on any atom is -0.0152 e. The number of hydrogen-bond acceptors (Lipinski definition) is 0. The van der Waals surface area contributed by atoms with Gasteiger partial charge in [-0.05, 0) is 18.3 Å². The third-order valence-corrected chi connectivity index (χ3v) is 3.65. The summed E-state index contributed by atoms with van der Waals surface area (Å²) in [6.07, 6.45) is 14.5. The average molecular weight is 210 g/mol. The summed E-state index contributed by atoms with van der Waals surface area (Å²) in [5.41, 5.74) is 0.392. The monoisotopic (exact) mass is 210 g/mol. The van der Waals surface area contributed by atoms with E-state index < -0.39 is 0 Å². The van der Waals surface area contributed by atoms with E-state index in [1.165, 1.54) is 57.8 Å². The Morgan fingerprint density at radius 1 is 0.933 bits per heavy atom. The van der Waals surface area contributed by atoms with Gasteiger partial charge in [0.2, 0.25) is 0 Å². The zero-order chi connectivity index (χ0) is 11.6. The first kappa shape index (κ1) is 14.7. The summed E-state index contributed by atoms with van der Waals surface area (Å²) in [6, 6.07) is 0. The summed E-state index contributed by atoms with van der Waals surface area (Å²) in [7, 11) is 0. The first-order valence-corrected chi connectivity index (χ1v) is 6.82. The van der Waals surface area contributed by atoms with Crippen LogP contribution in [0.1, 0.15) is 78.6 Å². The highest BCUT2D eigenvalue weighted by Gasteiger charge is 2.16. The lowest BCUT2D eigenvalue weighted by molar-refractivity contribution is 0.357. The Bertz CT molecular complexity index is 148. The van der Waals surface area contributed by atoms with Crippen molar-refractivity contribution in [2.75, 3.05) is 0 Å². The molecule has 0 fully saturated rings. The minimum absolute atomic E-state index is 0.392. The van der Waals surface area contributed by atoms with Crippen LogP contribution in [0.2, 0.25) is 0 Å². The van der Waals surface area contributed by atoms with Gasteiger partial charge in [0, 0.05) is 0 Å². The van der Waals surface area contributed by atoms with Crippen LogP contribution in [0.15, 0.2) is 12.7 Å². The van der Waals surface area contributed by atoms with E-state index in [9.17, 15) is 0 Å². The summed E-state index contributed by atoms with van der Waals surface area (Å²) < 4.78 is 0. The Morgan fingerprint density at radius 2 is 1.47 bits per heavy atom. The summed E-state index contributed by atoms with van der Waals surface area (Å²) in [5.74, 6) is 0. The Hall–Kier alpha value is -0.260. The molecule has 0 radical (unpaired) electrons. The molecule has 0 aliphatic carbocycles. The molecule has 0 bridgehead atoms. The predicted octanol–water partition coefficient (Wildman–Crippen LogP) is 5.73. The summed E-state index contributed by atoms with van der Waals surface area (Å²) in [5, 5.41) is 0. The fraction of sp³-hybridized carbons (Fsp3) is 0.867. The summed E-state index contributed by atoms with van der Waals surface area (Å²) in [4.78, 5) is 0. The molecule has 0 N–H and O–H groups in total. The number of allylic oxidation sites excluding steroid dienone is 1. The van der Waals surface area contributed by atoms with Gasteiger partial charge in [-0.2, -0.15) is 0 Å². The molecule has 0 rings (SSSR count). The second-order valence-corrected chi connectivity index (χ2v) is 5.08. The number of rotatable bonds is 10. The molecule has 0 aliphatic heterocycles. The average Bonchev–Trinajstić information content (AvgIpc) is 2.27. The second kappa shape index (κ2) is 9.00. The van der Waals surface area contributed by atoms with Crippen LogP contribution in [-0.2, 0) is 0 Å². The maximum absolute atomic E-state index is 3.94. The van der Waals surface area contributed by atoms with Crippen LogP contribution >= 0.6 is 0 Å². The lowest BCUT2D eigenvalue weighted by Crippen LogP contribution is -2.10. The van der Waals surface area contributed by atoms with E-state index in [0.29, 0.717) is 5.41 Å². The van der Waals surface area contributed by atoms with E-state index in [-0.39, 0.29) is 0 Å². The molecule has 0 saturated heterocycles. The largest absolute Gasteiger partial charge is 0.103 e. The molecule has 0 aromatic carbocycles. The van der Waals surface area contributed by atoms with Crippen LogP contribution in [0.4, 0.5) is 0 Å². The second-order valence-electron chi connectivity index (χ2n) is 5.08. The highest BCUT2D eigenvalue weighted by Crippen LogP contribution is 2.29. The SMILES string of the molecule is C=CC(C)(CC)CCCCCCCCC. The molecule has 0 heteroatoms. The van der Waals surface area contributed by atoms with Crippen LogP contribution in [-0.4, -0.2) is 0 Å². The molecule has 90 valence electrons. The van der Waals surface area contributed by atoms with E-state index in [4.69, 9.17) is 0 Å². The number of unbranched alkanes of at least 4 members (excludes halogenated alkanes) is 6. The van der Waals surface area contributed by atoms with Crippen molar-refractivity contribution in [1.82, 2.24) is 0 Å². The smallest absolute Gasteiger partial charge is 0.0152 e. The minimum atomic E-state index is 0.392. The van der Waals surface area contributed by atoms with Gasteiger partial charge in [-0.3, -0.25) is 0 Å². The molecule has 15 heavy (non-hydrogen) atoms. The van der Waals surface area contributed by atoms with Gasteiger partial charge < -0.3 is 0 Å². The van der Waals surface area contributed by atoms with E-state index in [1.54, 1.807) is 0 Å². The van der Waals surface area contributed by atoms with Crippen LogP contribution in [0.5, 0.6) is 0 Å². The standard InChI is InChI=1S/C15H30/c1-5-8-9-10-11-12-13-14-15(4,6-2)7-3/h6H,2,5,7-14H2,1,3-4H3. The fourth-order valence-corrected chi connectivity index (χ4v) is 1.91. The van der Waals surface area contributed by atoms with Crippen LogP contribution in [0.3, 0.4) is 0 Å².